The van der Waals surface area contributed by atoms with Crippen molar-refractivity contribution in [3.05, 3.63) is 11.1 Å². The smallest absolute Gasteiger partial charge is 0.115 e. The van der Waals surface area contributed by atoms with Crippen molar-refractivity contribution in [2.45, 2.75) is 66.6 Å². The van der Waals surface area contributed by atoms with E-state index >= 15 is 0 Å². The highest BCUT2D eigenvalue weighted by atomic mass is 16.6. The van der Waals surface area contributed by atoms with Crippen LogP contribution in [-0.4, -0.2) is 11.2 Å². The summed E-state index contributed by atoms with van der Waals surface area (Å²) in [6, 6.07) is 0. The van der Waals surface area contributed by atoms with E-state index in [1.54, 1.807) is 0 Å². The zero-order chi connectivity index (χ0) is 10.9. The average Bonchev–Trinajstić information content (AvgIpc) is 2.55. The van der Waals surface area contributed by atoms with Gasteiger partial charge in [-0.3, -0.25) is 0 Å². The van der Waals surface area contributed by atoms with Crippen molar-refractivity contribution < 1.29 is 4.74 Å². The van der Waals surface area contributed by atoms with Crippen molar-refractivity contribution in [1.82, 2.24) is 0 Å². The number of epoxide rings is 1. The minimum Gasteiger partial charge on any atom is -0.359 e. The number of hydrogen-bond acceptors (Lipinski definition) is 1. The normalized spacial score (nSPS) is 28.6. The largest absolute Gasteiger partial charge is 0.359 e. The molecule has 1 saturated heterocycles. The van der Waals surface area contributed by atoms with Crippen LogP contribution in [0.1, 0.15) is 55.4 Å². The molecule has 13 heavy (non-hydrogen) atoms. The molecule has 1 fully saturated rings. The second-order valence-electron chi connectivity index (χ2n) is 4.27. The molecule has 1 atom stereocenters. The minimum atomic E-state index is 0.00579. The average molecular weight is 184 g/mol. The first-order valence-electron chi connectivity index (χ1n) is 5.16. The van der Waals surface area contributed by atoms with Gasteiger partial charge in [-0.2, -0.15) is 0 Å². The molecule has 1 heterocycles. The molecule has 1 rings (SSSR count). The van der Waals surface area contributed by atoms with E-state index in [9.17, 15) is 0 Å². The lowest BCUT2D eigenvalue weighted by atomic mass is 9.89. The summed E-state index contributed by atoms with van der Waals surface area (Å²) in [5.41, 5.74) is 2.81. The third kappa shape index (κ3) is 2.14. The Morgan fingerprint density at radius 2 is 1.23 bits per heavy atom. The lowest BCUT2D eigenvalue weighted by Crippen LogP contribution is -2.18. The fraction of sp³-hybridized carbons (Fsp3) is 0.833. The summed E-state index contributed by atoms with van der Waals surface area (Å²) in [6.07, 6.45) is 0. The van der Waals surface area contributed by atoms with Crippen LogP contribution in [0.3, 0.4) is 0 Å². The molecule has 0 radical (unpaired) electrons. The van der Waals surface area contributed by atoms with Crippen LogP contribution < -0.4 is 0 Å². The van der Waals surface area contributed by atoms with Crippen LogP contribution in [0.2, 0.25) is 0 Å². The van der Waals surface area contributed by atoms with E-state index in [4.69, 9.17) is 4.74 Å². The number of hydrogen-bond donors (Lipinski definition) is 0. The zero-order valence-electron chi connectivity index (χ0n) is 10.4. The van der Waals surface area contributed by atoms with Gasteiger partial charge in [0.15, 0.2) is 0 Å². The summed E-state index contributed by atoms with van der Waals surface area (Å²) in [5.74, 6) is 0. The second kappa shape index (κ2) is 3.83. The quantitative estimate of drug-likeness (QED) is 0.444. The molecule has 0 aliphatic carbocycles. The fourth-order valence-electron chi connectivity index (χ4n) is 1.49. The maximum absolute atomic E-state index is 5.66. The number of allylic oxidation sites excluding steroid dienone is 1. The Kier molecular flexibility index (Phi) is 3.74. The summed E-state index contributed by atoms with van der Waals surface area (Å²) in [4.78, 5) is 0. The van der Waals surface area contributed by atoms with Gasteiger partial charge >= 0.3 is 0 Å². The van der Waals surface area contributed by atoms with Crippen molar-refractivity contribution in [2.24, 2.45) is 0 Å². The first kappa shape index (κ1) is 12.7. The van der Waals surface area contributed by atoms with Crippen molar-refractivity contribution in [1.29, 1.82) is 0 Å². The highest BCUT2D eigenvalue weighted by molar-refractivity contribution is 5.31. The van der Waals surface area contributed by atoms with Gasteiger partial charge in [0, 0.05) is 0 Å². The Hall–Kier alpha value is -0.300. The van der Waals surface area contributed by atoms with Crippen LogP contribution in [0, 0.1) is 0 Å². The van der Waals surface area contributed by atoms with Gasteiger partial charge in [-0.15, -0.1) is 0 Å². The summed E-state index contributed by atoms with van der Waals surface area (Å²) in [6.45, 7) is 16.9. The molecule has 0 aromatic carbocycles. The van der Waals surface area contributed by atoms with Gasteiger partial charge < -0.3 is 4.74 Å². The van der Waals surface area contributed by atoms with Crippen molar-refractivity contribution >= 4 is 0 Å². The highest BCUT2D eigenvalue weighted by Crippen LogP contribution is 2.52. The Bertz CT molecular complexity index is 209. The molecule has 0 N–H and O–H groups in total. The Morgan fingerprint density at radius 1 is 0.923 bits per heavy atom. The van der Waals surface area contributed by atoms with Gasteiger partial charge in [-0.1, -0.05) is 19.4 Å². The fourth-order valence-corrected chi connectivity index (χ4v) is 1.49. The van der Waals surface area contributed by atoms with Gasteiger partial charge in [0.25, 0.3) is 0 Å². The number of ether oxygens (including phenoxy) is 1. The maximum Gasteiger partial charge on any atom is 0.115 e. The molecule has 1 aliphatic heterocycles. The molecule has 0 amide bonds. The molecule has 0 spiro atoms. The van der Waals surface area contributed by atoms with Gasteiger partial charge in [-0.05, 0) is 47.1 Å². The SMILES string of the molecule is CC.CC(C)=C(C)C1(C)OC1(C)C. The summed E-state index contributed by atoms with van der Waals surface area (Å²) >= 11 is 0. The molecular formula is C12H24O. The van der Waals surface area contributed by atoms with E-state index in [0.29, 0.717) is 0 Å². The lowest BCUT2D eigenvalue weighted by Gasteiger charge is -2.11. The van der Waals surface area contributed by atoms with Crippen LogP contribution >= 0.6 is 0 Å². The highest BCUT2D eigenvalue weighted by Gasteiger charge is 2.61. The maximum atomic E-state index is 5.66. The standard InChI is InChI=1S/C10H18O.C2H6/c1-7(2)8(3)10(6)9(4,5)11-10;1-2/h1-6H3;1-2H3. The topological polar surface area (TPSA) is 12.5 Å². The summed E-state index contributed by atoms with van der Waals surface area (Å²) < 4.78 is 5.66. The molecule has 0 bridgehead atoms. The third-order valence-corrected chi connectivity index (χ3v) is 3.03. The molecule has 0 saturated carbocycles. The summed E-state index contributed by atoms with van der Waals surface area (Å²) in [7, 11) is 0. The third-order valence-electron chi connectivity index (χ3n) is 3.03. The van der Waals surface area contributed by atoms with E-state index in [1.165, 1.54) is 11.1 Å². The molecule has 1 aliphatic rings. The van der Waals surface area contributed by atoms with Crippen molar-refractivity contribution in [2.75, 3.05) is 0 Å². The predicted octanol–water partition coefficient (Wildman–Crippen LogP) is 3.94. The predicted molar refractivity (Wildman–Crippen MR) is 59.0 cm³/mol. The van der Waals surface area contributed by atoms with Crippen molar-refractivity contribution in [3.63, 3.8) is 0 Å². The molecule has 78 valence electrons. The van der Waals surface area contributed by atoms with Crippen LogP contribution in [-0.2, 0) is 4.74 Å². The van der Waals surface area contributed by atoms with E-state index in [0.717, 1.165) is 0 Å². The van der Waals surface area contributed by atoms with Gasteiger partial charge in [0.05, 0.1) is 5.60 Å². The second-order valence-corrected chi connectivity index (χ2v) is 4.27. The molecule has 1 nitrogen and oxygen atoms in total. The van der Waals surface area contributed by atoms with E-state index < -0.39 is 0 Å². The molecule has 1 unspecified atom stereocenters. The Morgan fingerprint density at radius 3 is 1.31 bits per heavy atom. The van der Waals surface area contributed by atoms with E-state index in [2.05, 4.69) is 41.5 Å². The Balaban J connectivity index is 0.000000671. The summed E-state index contributed by atoms with van der Waals surface area (Å²) in [5, 5.41) is 0. The van der Waals surface area contributed by atoms with Gasteiger partial charge in [-0.25, -0.2) is 0 Å². The molecule has 1 heteroatoms. The molecule has 0 aromatic rings. The van der Waals surface area contributed by atoms with Crippen LogP contribution in [0.4, 0.5) is 0 Å². The van der Waals surface area contributed by atoms with Crippen molar-refractivity contribution in [3.8, 4) is 0 Å². The zero-order valence-corrected chi connectivity index (χ0v) is 10.4. The van der Waals surface area contributed by atoms with Gasteiger partial charge in [0.2, 0.25) is 0 Å². The molecular weight excluding hydrogens is 160 g/mol. The monoisotopic (exact) mass is 184 g/mol. The molecule has 0 aromatic heterocycles. The first-order valence-corrected chi connectivity index (χ1v) is 5.16. The minimum absolute atomic E-state index is 0.00579. The first-order chi connectivity index (χ1) is 5.81. The van der Waals surface area contributed by atoms with Crippen LogP contribution in [0.15, 0.2) is 11.1 Å². The Labute approximate surface area is 83.2 Å². The van der Waals surface area contributed by atoms with Crippen LogP contribution in [0.25, 0.3) is 0 Å². The van der Waals surface area contributed by atoms with E-state index in [-0.39, 0.29) is 11.2 Å². The lowest BCUT2D eigenvalue weighted by molar-refractivity contribution is 0.302. The number of rotatable bonds is 1. The van der Waals surface area contributed by atoms with Gasteiger partial charge in [0.1, 0.15) is 5.60 Å². The van der Waals surface area contributed by atoms with E-state index in [1.807, 2.05) is 13.8 Å². The van der Waals surface area contributed by atoms with Crippen LogP contribution in [0.5, 0.6) is 0 Å².